The molecule has 4 heteroatoms. The summed E-state index contributed by atoms with van der Waals surface area (Å²) in [5.41, 5.74) is 6.80. The highest BCUT2D eigenvalue weighted by Crippen LogP contribution is 2.07. The van der Waals surface area contributed by atoms with E-state index in [0.29, 0.717) is 5.17 Å². The average Bonchev–Trinajstić information content (AvgIpc) is 2.25. The number of hydrogen-bond acceptors (Lipinski definition) is 3. The summed E-state index contributed by atoms with van der Waals surface area (Å²) in [6, 6.07) is 10.4. The molecule has 0 atom stereocenters. The summed E-state index contributed by atoms with van der Waals surface area (Å²) in [5.74, 6) is 5.97. The van der Waals surface area contributed by atoms with Crippen molar-refractivity contribution in [2.75, 3.05) is 5.75 Å². The van der Waals surface area contributed by atoms with Gasteiger partial charge in [-0.2, -0.15) is 5.10 Å². The van der Waals surface area contributed by atoms with Crippen molar-refractivity contribution >= 4 is 16.9 Å². The molecule has 0 aliphatic rings. The zero-order chi connectivity index (χ0) is 10.2. The van der Waals surface area contributed by atoms with Crippen LogP contribution in [0.4, 0.5) is 0 Å². The number of thioether (sulfide) groups is 1. The molecule has 0 unspecified atom stereocenters. The van der Waals surface area contributed by atoms with E-state index in [4.69, 9.17) is 11.6 Å². The van der Waals surface area contributed by atoms with E-state index >= 15 is 0 Å². The van der Waals surface area contributed by atoms with Gasteiger partial charge in [0.25, 0.3) is 0 Å². The Kier molecular flexibility index (Phi) is 4.93. The van der Waals surface area contributed by atoms with E-state index in [1.807, 2.05) is 6.07 Å². The Morgan fingerprint density at radius 1 is 1.29 bits per heavy atom. The smallest absolute Gasteiger partial charge is 0.177 e. The second-order valence-electron chi connectivity index (χ2n) is 2.90. The third kappa shape index (κ3) is 4.18. The van der Waals surface area contributed by atoms with E-state index < -0.39 is 0 Å². The zero-order valence-electron chi connectivity index (χ0n) is 8.02. The van der Waals surface area contributed by atoms with Crippen LogP contribution in [0, 0.1) is 0 Å². The summed E-state index contributed by atoms with van der Waals surface area (Å²) in [6.07, 6.45) is 2.16. The molecule has 0 saturated carbocycles. The van der Waals surface area contributed by atoms with Gasteiger partial charge >= 0.3 is 0 Å². The average molecular weight is 209 g/mol. The minimum Gasteiger partial charge on any atom is -0.377 e. The number of nitrogens with two attached hydrogens (primary N) is 2. The Bertz CT molecular complexity index is 285. The van der Waals surface area contributed by atoms with Crippen molar-refractivity contribution in [1.29, 1.82) is 0 Å². The van der Waals surface area contributed by atoms with E-state index in [1.165, 1.54) is 17.3 Å². The number of aryl methyl sites for hydroxylation is 1. The van der Waals surface area contributed by atoms with Crippen LogP contribution < -0.4 is 11.6 Å². The molecule has 1 aromatic rings. The van der Waals surface area contributed by atoms with Gasteiger partial charge in [-0.05, 0) is 18.4 Å². The van der Waals surface area contributed by atoms with Gasteiger partial charge in [-0.25, -0.2) is 0 Å². The molecule has 76 valence electrons. The van der Waals surface area contributed by atoms with Crippen LogP contribution in [0.1, 0.15) is 12.0 Å². The molecule has 0 heterocycles. The molecule has 0 bridgehead atoms. The fourth-order valence-electron chi connectivity index (χ4n) is 1.13. The highest BCUT2D eigenvalue weighted by atomic mass is 32.2. The van der Waals surface area contributed by atoms with Crippen LogP contribution >= 0.6 is 11.8 Å². The Labute approximate surface area is 88.6 Å². The molecule has 0 saturated heterocycles. The molecule has 4 N–H and O–H groups in total. The second-order valence-corrected chi connectivity index (χ2v) is 4.02. The summed E-state index contributed by atoms with van der Waals surface area (Å²) >= 11 is 1.50. The van der Waals surface area contributed by atoms with Gasteiger partial charge in [-0.3, -0.25) is 0 Å². The first-order chi connectivity index (χ1) is 6.83. The highest BCUT2D eigenvalue weighted by Gasteiger charge is 1.94. The molecule has 0 fully saturated rings. The SMILES string of the molecule is NN=C(N)SCCCc1ccccc1. The lowest BCUT2D eigenvalue weighted by Gasteiger charge is -2.00. The van der Waals surface area contributed by atoms with Crippen molar-refractivity contribution in [2.45, 2.75) is 12.8 Å². The molecule has 0 amide bonds. The van der Waals surface area contributed by atoms with Crippen LogP contribution in [-0.2, 0) is 6.42 Å². The largest absolute Gasteiger partial charge is 0.377 e. The van der Waals surface area contributed by atoms with Crippen LogP contribution in [0.15, 0.2) is 35.4 Å². The summed E-state index contributed by atoms with van der Waals surface area (Å²) in [4.78, 5) is 0. The molecule has 1 rings (SSSR count). The van der Waals surface area contributed by atoms with Crippen molar-refractivity contribution < 1.29 is 0 Å². The lowest BCUT2D eigenvalue weighted by atomic mass is 10.1. The van der Waals surface area contributed by atoms with Crippen LogP contribution in [0.2, 0.25) is 0 Å². The molecule has 14 heavy (non-hydrogen) atoms. The maximum Gasteiger partial charge on any atom is 0.177 e. The summed E-state index contributed by atoms with van der Waals surface area (Å²) in [5, 5.41) is 3.85. The number of rotatable bonds is 4. The minimum absolute atomic E-state index is 0.457. The molecule has 3 nitrogen and oxygen atoms in total. The first-order valence-corrected chi connectivity index (χ1v) is 5.51. The number of hydrogen-bond donors (Lipinski definition) is 2. The van der Waals surface area contributed by atoms with Gasteiger partial charge in [-0.1, -0.05) is 42.1 Å². The summed E-state index contributed by atoms with van der Waals surface area (Å²) in [7, 11) is 0. The lowest BCUT2D eigenvalue weighted by molar-refractivity contribution is 0.935. The fraction of sp³-hybridized carbons (Fsp3) is 0.300. The molecule has 0 aliphatic heterocycles. The van der Waals surface area contributed by atoms with Gasteiger partial charge in [0.15, 0.2) is 5.17 Å². The van der Waals surface area contributed by atoms with E-state index in [-0.39, 0.29) is 0 Å². The lowest BCUT2D eigenvalue weighted by Crippen LogP contribution is -2.09. The van der Waals surface area contributed by atoms with Crippen molar-refractivity contribution in [2.24, 2.45) is 16.7 Å². The van der Waals surface area contributed by atoms with Crippen LogP contribution in [0.3, 0.4) is 0 Å². The second kappa shape index (κ2) is 6.32. The van der Waals surface area contributed by atoms with Crippen molar-refractivity contribution in [1.82, 2.24) is 0 Å². The molecule has 0 aliphatic carbocycles. The molecular formula is C10H15N3S. The highest BCUT2D eigenvalue weighted by molar-refractivity contribution is 8.13. The van der Waals surface area contributed by atoms with Gasteiger partial charge in [0.05, 0.1) is 0 Å². The van der Waals surface area contributed by atoms with Crippen LogP contribution in [-0.4, -0.2) is 10.9 Å². The Morgan fingerprint density at radius 2 is 2.00 bits per heavy atom. The van der Waals surface area contributed by atoms with Gasteiger partial charge < -0.3 is 11.6 Å². The third-order valence-corrected chi connectivity index (χ3v) is 2.72. The maximum atomic E-state index is 5.44. The summed E-state index contributed by atoms with van der Waals surface area (Å²) in [6.45, 7) is 0. The quantitative estimate of drug-likeness (QED) is 0.260. The van der Waals surface area contributed by atoms with Crippen LogP contribution in [0.25, 0.3) is 0 Å². The third-order valence-electron chi connectivity index (χ3n) is 1.83. The number of hydrazone groups is 1. The Hall–Kier alpha value is -1.16. The molecular weight excluding hydrogens is 194 g/mol. The van der Waals surface area contributed by atoms with Gasteiger partial charge in [0.2, 0.25) is 0 Å². The molecule has 0 spiro atoms. The normalized spacial score (nSPS) is 11.6. The van der Waals surface area contributed by atoms with Crippen molar-refractivity contribution in [3.05, 3.63) is 35.9 Å². The first kappa shape index (κ1) is 10.9. The van der Waals surface area contributed by atoms with E-state index in [2.05, 4.69) is 29.4 Å². The number of amidine groups is 1. The standard InChI is InChI=1S/C10H15N3S/c11-10(13-12)14-8-4-7-9-5-2-1-3-6-9/h1-3,5-6H,4,7-8,12H2,(H2,11,13). The maximum absolute atomic E-state index is 5.44. The predicted octanol–water partition coefficient (Wildman–Crippen LogP) is 1.54. The summed E-state index contributed by atoms with van der Waals surface area (Å²) < 4.78 is 0. The van der Waals surface area contributed by atoms with E-state index in [0.717, 1.165) is 18.6 Å². The van der Waals surface area contributed by atoms with Gasteiger partial charge in [-0.15, -0.1) is 0 Å². The first-order valence-electron chi connectivity index (χ1n) is 4.53. The molecule has 1 aromatic carbocycles. The van der Waals surface area contributed by atoms with E-state index in [1.54, 1.807) is 0 Å². The fourth-order valence-corrected chi connectivity index (χ4v) is 1.71. The monoisotopic (exact) mass is 209 g/mol. The van der Waals surface area contributed by atoms with Gasteiger partial charge in [0, 0.05) is 5.75 Å². The molecule has 0 radical (unpaired) electrons. The molecule has 0 aromatic heterocycles. The number of nitrogens with zero attached hydrogens (tertiary/aromatic N) is 1. The van der Waals surface area contributed by atoms with Crippen molar-refractivity contribution in [3.63, 3.8) is 0 Å². The Balaban J connectivity index is 2.17. The van der Waals surface area contributed by atoms with Gasteiger partial charge in [0.1, 0.15) is 0 Å². The minimum atomic E-state index is 0.457. The number of benzene rings is 1. The Morgan fingerprint density at radius 3 is 2.64 bits per heavy atom. The predicted molar refractivity (Wildman–Crippen MR) is 63.0 cm³/mol. The zero-order valence-corrected chi connectivity index (χ0v) is 8.83. The topological polar surface area (TPSA) is 64.4 Å². The van der Waals surface area contributed by atoms with E-state index in [9.17, 15) is 0 Å². The van der Waals surface area contributed by atoms with Crippen LogP contribution in [0.5, 0.6) is 0 Å². The van der Waals surface area contributed by atoms with Crippen molar-refractivity contribution in [3.8, 4) is 0 Å².